The zero-order valence-electron chi connectivity index (χ0n) is 9.98. The largest absolute Gasteiger partial charge is 0.421 e. The van der Waals surface area contributed by atoms with E-state index in [4.69, 9.17) is 16.0 Å². The number of anilines is 1. The highest BCUT2D eigenvalue weighted by Crippen LogP contribution is 2.26. The van der Waals surface area contributed by atoms with Gasteiger partial charge in [0.25, 0.3) is 0 Å². The lowest BCUT2D eigenvalue weighted by atomic mass is 10.1. The van der Waals surface area contributed by atoms with Gasteiger partial charge in [-0.15, -0.1) is 21.8 Å². The summed E-state index contributed by atoms with van der Waals surface area (Å²) >= 11 is 5.72. The number of hydrogen-bond donors (Lipinski definition) is 1. The summed E-state index contributed by atoms with van der Waals surface area (Å²) in [4.78, 5) is 11.6. The lowest BCUT2D eigenvalue weighted by molar-refractivity contribution is -0.115. The van der Waals surface area contributed by atoms with Crippen molar-refractivity contribution in [3.8, 4) is 11.5 Å². The van der Waals surface area contributed by atoms with Crippen LogP contribution in [0.15, 0.2) is 28.7 Å². The summed E-state index contributed by atoms with van der Waals surface area (Å²) in [5.74, 6) is 0.558. The van der Waals surface area contributed by atoms with Crippen molar-refractivity contribution in [3.05, 3.63) is 30.2 Å². The van der Waals surface area contributed by atoms with Gasteiger partial charge in [-0.2, -0.15) is 0 Å². The number of benzene rings is 1. The van der Waals surface area contributed by atoms with Crippen LogP contribution in [0.3, 0.4) is 0 Å². The number of hydrogen-bond acceptors (Lipinski definition) is 4. The number of aryl methyl sites for hydroxylation is 1. The summed E-state index contributed by atoms with van der Waals surface area (Å²) in [5.41, 5.74) is 1.27. The maximum absolute atomic E-state index is 11.6. The van der Waals surface area contributed by atoms with Gasteiger partial charge in [0, 0.05) is 6.92 Å². The molecule has 0 fully saturated rings. The van der Waals surface area contributed by atoms with E-state index in [2.05, 4.69) is 15.5 Å². The maximum atomic E-state index is 11.6. The molecule has 94 valence electrons. The van der Waals surface area contributed by atoms with Gasteiger partial charge in [0.15, 0.2) is 0 Å². The summed E-state index contributed by atoms with van der Waals surface area (Å²) < 4.78 is 5.35. The molecular formula is C12H12ClN3O2. The van der Waals surface area contributed by atoms with Crippen molar-refractivity contribution in [1.82, 2.24) is 10.2 Å². The van der Waals surface area contributed by atoms with E-state index in [-0.39, 0.29) is 5.91 Å². The number of nitrogens with one attached hydrogen (secondary N) is 1. The predicted molar refractivity (Wildman–Crippen MR) is 68.4 cm³/mol. The Morgan fingerprint density at radius 2 is 2.11 bits per heavy atom. The molecule has 1 atom stereocenters. The Morgan fingerprint density at radius 1 is 1.39 bits per heavy atom. The van der Waals surface area contributed by atoms with E-state index in [1.165, 1.54) is 0 Å². The summed E-state index contributed by atoms with van der Waals surface area (Å²) in [7, 11) is 0. The van der Waals surface area contributed by atoms with E-state index in [1.54, 1.807) is 32.0 Å². The number of rotatable bonds is 3. The van der Waals surface area contributed by atoms with Crippen molar-refractivity contribution in [2.75, 3.05) is 5.32 Å². The third-order valence-electron chi connectivity index (χ3n) is 2.30. The van der Waals surface area contributed by atoms with E-state index in [1.807, 2.05) is 6.07 Å². The smallest absolute Gasteiger partial charge is 0.249 e. The van der Waals surface area contributed by atoms with Gasteiger partial charge in [0.2, 0.25) is 17.7 Å². The fourth-order valence-electron chi connectivity index (χ4n) is 1.42. The van der Waals surface area contributed by atoms with Crippen LogP contribution in [0.5, 0.6) is 0 Å². The highest BCUT2D eigenvalue weighted by Gasteiger charge is 2.15. The number of para-hydroxylation sites is 1. The fourth-order valence-corrected chi connectivity index (χ4v) is 1.47. The Kier molecular flexibility index (Phi) is 3.62. The first-order valence-corrected chi connectivity index (χ1v) is 5.86. The normalized spacial score (nSPS) is 12.2. The third-order valence-corrected chi connectivity index (χ3v) is 2.50. The van der Waals surface area contributed by atoms with Crippen molar-refractivity contribution in [3.63, 3.8) is 0 Å². The van der Waals surface area contributed by atoms with Gasteiger partial charge in [0.1, 0.15) is 5.38 Å². The molecule has 1 amide bonds. The molecule has 1 unspecified atom stereocenters. The second-order valence-electron chi connectivity index (χ2n) is 3.78. The van der Waals surface area contributed by atoms with E-state index < -0.39 is 5.38 Å². The minimum absolute atomic E-state index is 0.277. The molecule has 0 radical (unpaired) electrons. The molecule has 6 heteroatoms. The molecule has 0 spiro atoms. The average Bonchev–Trinajstić information content (AvgIpc) is 2.76. The Morgan fingerprint density at radius 3 is 2.72 bits per heavy atom. The van der Waals surface area contributed by atoms with E-state index >= 15 is 0 Å². The lowest BCUT2D eigenvalue weighted by Crippen LogP contribution is -2.20. The van der Waals surface area contributed by atoms with Gasteiger partial charge < -0.3 is 9.73 Å². The number of carbonyl (C=O) groups excluding carboxylic acids is 1. The van der Waals surface area contributed by atoms with Crippen LogP contribution >= 0.6 is 11.6 Å². The van der Waals surface area contributed by atoms with Crippen molar-refractivity contribution >= 4 is 23.2 Å². The van der Waals surface area contributed by atoms with Gasteiger partial charge >= 0.3 is 0 Å². The summed E-state index contributed by atoms with van der Waals surface area (Å²) in [6.45, 7) is 3.31. The molecule has 0 aliphatic carbocycles. The van der Waals surface area contributed by atoms with Gasteiger partial charge in [-0.25, -0.2) is 0 Å². The van der Waals surface area contributed by atoms with E-state index in [9.17, 15) is 4.79 Å². The van der Waals surface area contributed by atoms with Crippen LogP contribution < -0.4 is 5.32 Å². The number of alkyl halides is 1. The van der Waals surface area contributed by atoms with E-state index in [0.717, 1.165) is 0 Å². The molecule has 1 N–H and O–H groups in total. The molecule has 1 aromatic carbocycles. The first-order chi connectivity index (χ1) is 8.58. The quantitative estimate of drug-likeness (QED) is 0.866. The summed E-state index contributed by atoms with van der Waals surface area (Å²) in [6, 6.07) is 7.18. The second-order valence-corrected chi connectivity index (χ2v) is 4.43. The van der Waals surface area contributed by atoms with Crippen molar-refractivity contribution in [2.24, 2.45) is 0 Å². The summed E-state index contributed by atoms with van der Waals surface area (Å²) in [5, 5.41) is 9.80. The molecule has 0 saturated carbocycles. The number of amides is 1. The van der Waals surface area contributed by atoms with Gasteiger partial charge in [-0.05, 0) is 19.1 Å². The van der Waals surface area contributed by atoms with Crippen LogP contribution in [0.4, 0.5) is 5.69 Å². The molecule has 1 heterocycles. The van der Waals surface area contributed by atoms with Crippen LogP contribution in [0, 0.1) is 6.92 Å². The SMILES string of the molecule is Cc1nnc(-c2ccccc2NC(=O)C(C)Cl)o1. The molecule has 0 aliphatic rings. The number of aromatic nitrogens is 2. The summed E-state index contributed by atoms with van der Waals surface area (Å²) in [6.07, 6.45) is 0. The van der Waals surface area contributed by atoms with Gasteiger partial charge in [0.05, 0.1) is 11.3 Å². The standard InChI is InChI=1S/C12H12ClN3O2/c1-7(13)11(17)14-10-6-4-3-5-9(10)12-16-15-8(2)18-12/h3-7H,1-2H3,(H,14,17). The van der Waals surface area contributed by atoms with Crippen molar-refractivity contribution < 1.29 is 9.21 Å². The maximum Gasteiger partial charge on any atom is 0.249 e. The molecule has 5 nitrogen and oxygen atoms in total. The minimum atomic E-state index is -0.609. The van der Waals surface area contributed by atoms with Crippen LogP contribution in [0.25, 0.3) is 11.5 Å². The zero-order valence-corrected chi connectivity index (χ0v) is 10.7. The molecule has 1 aromatic heterocycles. The van der Waals surface area contributed by atoms with Crippen LogP contribution in [-0.2, 0) is 4.79 Å². The number of carbonyl (C=O) groups is 1. The first-order valence-electron chi connectivity index (χ1n) is 5.42. The Hall–Kier alpha value is -1.88. The van der Waals surface area contributed by atoms with E-state index in [0.29, 0.717) is 23.0 Å². The van der Waals surface area contributed by atoms with Crippen LogP contribution in [0.2, 0.25) is 0 Å². The lowest BCUT2D eigenvalue weighted by Gasteiger charge is -2.09. The monoisotopic (exact) mass is 265 g/mol. The molecule has 2 aromatic rings. The topological polar surface area (TPSA) is 68.0 Å². The van der Waals surface area contributed by atoms with Gasteiger partial charge in [-0.1, -0.05) is 12.1 Å². The molecule has 0 bridgehead atoms. The zero-order chi connectivity index (χ0) is 13.1. The Labute approximate surface area is 109 Å². The Bertz CT molecular complexity index is 566. The highest BCUT2D eigenvalue weighted by molar-refractivity contribution is 6.32. The van der Waals surface area contributed by atoms with Crippen molar-refractivity contribution in [1.29, 1.82) is 0 Å². The van der Waals surface area contributed by atoms with Crippen molar-refractivity contribution in [2.45, 2.75) is 19.2 Å². The second kappa shape index (κ2) is 5.18. The fraction of sp³-hybridized carbons (Fsp3) is 0.250. The Balaban J connectivity index is 2.34. The molecule has 18 heavy (non-hydrogen) atoms. The molecule has 2 rings (SSSR count). The molecule has 0 saturated heterocycles. The minimum Gasteiger partial charge on any atom is -0.421 e. The molecular weight excluding hydrogens is 254 g/mol. The average molecular weight is 266 g/mol. The van der Waals surface area contributed by atoms with Crippen LogP contribution in [0.1, 0.15) is 12.8 Å². The molecule has 0 aliphatic heterocycles. The predicted octanol–water partition coefficient (Wildman–Crippen LogP) is 2.61. The highest BCUT2D eigenvalue weighted by atomic mass is 35.5. The number of halogens is 1. The number of nitrogens with zero attached hydrogens (tertiary/aromatic N) is 2. The van der Waals surface area contributed by atoms with Crippen LogP contribution in [-0.4, -0.2) is 21.5 Å². The van der Waals surface area contributed by atoms with Gasteiger partial charge in [-0.3, -0.25) is 4.79 Å². The third kappa shape index (κ3) is 2.68. The first kappa shape index (κ1) is 12.6.